The number of benzene rings is 1. The number of rotatable bonds is 12. The average Bonchev–Trinajstić information content (AvgIpc) is 3.56. The largest absolute Gasteiger partial charge is 0.480 e. The van der Waals surface area contributed by atoms with E-state index < -0.39 is 16.0 Å². The SMILES string of the molecule is CCOCCN(c1cccc2cc(-c3ncc(CN(C)CC(=O)O)s3)[nH]c12)S(=O)(=O)c1cccs1. The number of thiazole rings is 1. The van der Waals surface area contributed by atoms with Crippen molar-refractivity contribution >= 4 is 55.3 Å². The Morgan fingerprint density at radius 1 is 1.26 bits per heavy atom. The highest BCUT2D eigenvalue weighted by atomic mass is 32.2. The van der Waals surface area contributed by atoms with E-state index >= 15 is 0 Å². The van der Waals surface area contributed by atoms with Crippen molar-refractivity contribution in [1.82, 2.24) is 14.9 Å². The normalized spacial score (nSPS) is 12.0. The van der Waals surface area contributed by atoms with Gasteiger partial charge in [-0.2, -0.15) is 0 Å². The van der Waals surface area contributed by atoms with Crippen LogP contribution in [0.25, 0.3) is 21.6 Å². The monoisotopic (exact) mass is 534 g/mol. The Hall–Kier alpha value is -2.77. The van der Waals surface area contributed by atoms with Crippen LogP contribution in [0.2, 0.25) is 0 Å². The Balaban J connectivity index is 1.69. The molecule has 9 nitrogen and oxygen atoms in total. The van der Waals surface area contributed by atoms with Crippen LogP contribution in [0.15, 0.2) is 52.2 Å². The summed E-state index contributed by atoms with van der Waals surface area (Å²) in [6, 6.07) is 10.8. The number of sulfonamides is 1. The molecule has 0 aliphatic carbocycles. The number of carbonyl (C=O) groups is 1. The summed E-state index contributed by atoms with van der Waals surface area (Å²) < 4.78 is 34.1. The summed E-state index contributed by atoms with van der Waals surface area (Å²) in [4.78, 5) is 21.4. The molecule has 0 aliphatic rings. The number of nitrogens with zero attached hydrogens (tertiary/aromatic N) is 3. The number of fused-ring (bicyclic) bond motifs is 1. The molecule has 3 aromatic heterocycles. The third-order valence-electron chi connectivity index (χ3n) is 5.20. The molecule has 35 heavy (non-hydrogen) atoms. The van der Waals surface area contributed by atoms with Gasteiger partial charge in [0.1, 0.15) is 9.22 Å². The Morgan fingerprint density at radius 2 is 2.09 bits per heavy atom. The van der Waals surface area contributed by atoms with E-state index in [1.165, 1.54) is 27.0 Å². The average molecular weight is 535 g/mol. The second-order valence-electron chi connectivity index (χ2n) is 7.83. The van der Waals surface area contributed by atoms with Crippen molar-refractivity contribution in [3.63, 3.8) is 0 Å². The molecule has 0 saturated carbocycles. The van der Waals surface area contributed by atoms with Crippen molar-refractivity contribution in [2.75, 3.05) is 37.7 Å². The van der Waals surface area contributed by atoms with Crippen LogP contribution in [0.1, 0.15) is 11.8 Å². The first-order chi connectivity index (χ1) is 16.8. The minimum Gasteiger partial charge on any atom is -0.480 e. The minimum atomic E-state index is -3.77. The molecule has 0 saturated heterocycles. The summed E-state index contributed by atoms with van der Waals surface area (Å²) in [7, 11) is -2.03. The standard InChI is InChI=1S/C23H26N4O5S3/c1-3-32-10-9-27(35(30,31)21-8-5-11-33-21)19-7-4-6-16-12-18(25-22(16)19)23-24-13-17(34-23)14-26(2)15-20(28)29/h4-8,11-13,25H,3,9-10,14-15H2,1-2H3,(H,28,29). The van der Waals surface area contributed by atoms with Gasteiger partial charge < -0.3 is 14.8 Å². The first-order valence-electron chi connectivity index (χ1n) is 10.9. The smallest absolute Gasteiger partial charge is 0.317 e. The Bertz CT molecular complexity index is 1400. The summed E-state index contributed by atoms with van der Waals surface area (Å²) in [5.74, 6) is -0.883. The predicted molar refractivity (Wildman–Crippen MR) is 139 cm³/mol. The molecule has 3 heterocycles. The second kappa shape index (κ2) is 10.9. The fourth-order valence-corrected chi connectivity index (χ4v) is 7.23. The third kappa shape index (κ3) is 5.73. The lowest BCUT2D eigenvalue weighted by molar-refractivity contribution is -0.138. The van der Waals surface area contributed by atoms with Crippen LogP contribution < -0.4 is 4.31 Å². The maximum Gasteiger partial charge on any atom is 0.317 e. The summed E-state index contributed by atoms with van der Waals surface area (Å²) >= 11 is 2.65. The van der Waals surface area contributed by atoms with Gasteiger partial charge in [-0.1, -0.05) is 18.2 Å². The predicted octanol–water partition coefficient (Wildman–Crippen LogP) is 4.10. The van der Waals surface area contributed by atoms with Gasteiger partial charge in [0.05, 0.1) is 36.6 Å². The highest BCUT2D eigenvalue weighted by molar-refractivity contribution is 7.94. The number of para-hydroxylation sites is 1. The lowest BCUT2D eigenvalue weighted by Crippen LogP contribution is -2.34. The number of aliphatic carboxylic acids is 1. The zero-order valence-corrected chi connectivity index (χ0v) is 21.8. The maximum atomic E-state index is 13.5. The van der Waals surface area contributed by atoms with E-state index in [2.05, 4.69) is 9.97 Å². The molecule has 0 fully saturated rings. The number of carboxylic acids is 1. The number of nitrogens with one attached hydrogen (secondary N) is 1. The second-order valence-corrected chi connectivity index (χ2v) is 12.0. The molecule has 186 valence electrons. The molecule has 0 aliphatic heterocycles. The van der Waals surface area contributed by atoms with E-state index in [1.807, 2.05) is 25.1 Å². The van der Waals surface area contributed by atoms with Crippen molar-refractivity contribution in [2.24, 2.45) is 0 Å². The number of H-pyrrole nitrogens is 1. The Morgan fingerprint density at radius 3 is 2.80 bits per heavy atom. The van der Waals surface area contributed by atoms with Crippen LogP contribution in [-0.2, 0) is 26.1 Å². The molecular formula is C23H26N4O5S3. The highest BCUT2D eigenvalue weighted by Gasteiger charge is 2.28. The van der Waals surface area contributed by atoms with Gasteiger partial charge in [-0.3, -0.25) is 14.0 Å². The molecule has 12 heteroatoms. The number of hydrogen-bond donors (Lipinski definition) is 2. The van der Waals surface area contributed by atoms with E-state index in [9.17, 15) is 13.2 Å². The van der Waals surface area contributed by atoms with Gasteiger partial charge >= 0.3 is 5.97 Å². The van der Waals surface area contributed by atoms with Crippen LogP contribution in [0.5, 0.6) is 0 Å². The van der Waals surface area contributed by atoms with Crippen molar-refractivity contribution in [1.29, 1.82) is 0 Å². The van der Waals surface area contributed by atoms with Gasteiger partial charge in [0.15, 0.2) is 0 Å². The van der Waals surface area contributed by atoms with Crippen molar-refractivity contribution in [3.8, 4) is 10.7 Å². The number of hydrogen-bond acceptors (Lipinski definition) is 8. The Kier molecular flexibility index (Phi) is 7.87. The highest BCUT2D eigenvalue weighted by Crippen LogP contribution is 2.35. The number of thiophene rings is 1. The van der Waals surface area contributed by atoms with Gasteiger partial charge in [-0.25, -0.2) is 13.4 Å². The molecule has 0 atom stereocenters. The molecule has 0 unspecified atom stereocenters. The number of likely N-dealkylation sites (N-methyl/N-ethyl adjacent to an activating group) is 1. The molecule has 0 bridgehead atoms. The maximum absolute atomic E-state index is 13.5. The van der Waals surface area contributed by atoms with Crippen molar-refractivity contribution in [2.45, 2.75) is 17.7 Å². The molecule has 0 radical (unpaired) electrons. The van der Waals surface area contributed by atoms with Crippen molar-refractivity contribution in [3.05, 3.63) is 52.9 Å². The zero-order valence-electron chi connectivity index (χ0n) is 19.3. The minimum absolute atomic E-state index is 0.0563. The van der Waals surface area contributed by atoms with E-state index in [0.29, 0.717) is 24.4 Å². The Labute approximate surface area is 211 Å². The fourth-order valence-electron chi connectivity index (χ4n) is 3.70. The van der Waals surface area contributed by atoms with Crippen LogP contribution in [0, 0.1) is 0 Å². The van der Waals surface area contributed by atoms with Gasteiger partial charge in [0.2, 0.25) is 0 Å². The fraction of sp³-hybridized carbons (Fsp3) is 0.304. The number of carboxylic acid groups (broad SMARTS) is 1. The van der Waals surface area contributed by atoms with Gasteiger partial charge in [-0.05, 0) is 37.6 Å². The zero-order chi connectivity index (χ0) is 25.0. The summed E-state index contributed by atoms with van der Waals surface area (Å²) in [5, 5.41) is 12.3. The van der Waals surface area contributed by atoms with Gasteiger partial charge in [0.25, 0.3) is 10.0 Å². The summed E-state index contributed by atoms with van der Waals surface area (Å²) in [6.45, 7) is 3.23. The van der Waals surface area contributed by atoms with Gasteiger partial charge in [-0.15, -0.1) is 22.7 Å². The number of aromatic amines is 1. The quantitative estimate of drug-likeness (QED) is 0.263. The van der Waals surface area contributed by atoms with E-state index in [4.69, 9.17) is 9.84 Å². The van der Waals surface area contributed by atoms with Crippen LogP contribution >= 0.6 is 22.7 Å². The van der Waals surface area contributed by atoms with Crippen molar-refractivity contribution < 1.29 is 23.1 Å². The molecular weight excluding hydrogens is 508 g/mol. The molecule has 0 spiro atoms. The third-order valence-corrected chi connectivity index (χ3v) is 9.40. The van der Waals surface area contributed by atoms with E-state index in [1.54, 1.807) is 41.7 Å². The number of ether oxygens (including phenoxy) is 1. The number of anilines is 1. The van der Waals surface area contributed by atoms with Crippen LogP contribution in [0.4, 0.5) is 5.69 Å². The topological polar surface area (TPSA) is 116 Å². The first kappa shape index (κ1) is 25.3. The van der Waals surface area contributed by atoms with Gasteiger partial charge in [0, 0.05) is 29.6 Å². The van der Waals surface area contributed by atoms with E-state index in [-0.39, 0.29) is 23.9 Å². The molecule has 0 amide bonds. The molecule has 4 aromatic rings. The first-order valence-corrected chi connectivity index (χ1v) is 14.0. The lowest BCUT2D eigenvalue weighted by atomic mass is 10.2. The number of aromatic nitrogens is 2. The van der Waals surface area contributed by atoms with Crippen LogP contribution in [-0.4, -0.2) is 67.7 Å². The van der Waals surface area contributed by atoms with E-state index in [0.717, 1.165) is 21.0 Å². The summed E-state index contributed by atoms with van der Waals surface area (Å²) in [5.41, 5.74) is 2.00. The molecule has 2 N–H and O–H groups in total. The molecule has 1 aromatic carbocycles. The lowest BCUT2D eigenvalue weighted by Gasteiger charge is -2.24. The summed E-state index contributed by atoms with van der Waals surface area (Å²) in [6.07, 6.45) is 1.74. The molecule has 4 rings (SSSR count). The van der Waals surface area contributed by atoms with Crippen LogP contribution in [0.3, 0.4) is 0 Å².